The van der Waals surface area contributed by atoms with E-state index in [-0.39, 0.29) is 19.0 Å². The third kappa shape index (κ3) is 15.9. The summed E-state index contributed by atoms with van der Waals surface area (Å²) in [6.07, 6.45) is 25.4. The van der Waals surface area contributed by atoms with E-state index < -0.39 is 5.97 Å². The molecule has 1 aliphatic heterocycles. The highest BCUT2D eigenvalue weighted by molar-refractivity contribution is 5.81. The fourth-order valence-electron chi connectivity index (χ4n) is 4.23. The predicted octanol–water partition coefficient (Wildman–Crippen LogP) is 8.11. The van der Waals surface area contributed by atoms with Gasteiger partial charge in [0.1, 0.15) is 13.2 Å². The van der Waals surface area contributed by atoms with Crippen LogP contribution < -0.4 is 0 Å². The zero-order valence-corrected chi connectivity index (χ0v) is 20.9. The number of carbonyl (C=O) groups is 1. The third-order valence-corrected chi connectivity index (χ3v) is 6.31. The first-order valence-corrected chi connectivity index (χ1v) is 13.7. The Kier molecular flexibility index (Phi) is 18.6. The van der Waals surface area contributed by atoms with Gasteiger partial charge in [-0.15, -0.1) is 0 Å². The van der Waals surface area contributed by atoms with E-state index in [0.717, 1.165) is 19.3 Å². The quantitative estimate of drug-likeness (QED) is 0.159. The van der Waals surface area contributed by atoms with Gasteiger partial charge in [0.05, 0.1) is 6.61 Å². The number of ether oxygens (including phenoxy) is 3. The lowest BCUT2D eigenvalue weighted by atomic mass is 10.1. The van der Waals surface area contributed by atoms with Crippen LogP contribution in [0.5, 0.6) is 0 Å². The summed E-state index contributed by atoms with van der Waals surface area (Å²) in [5.41, 5.74) is 0. The predicted molar refractivity (Wildman–Crippen MR) is 129 cm³/mol. The minimum Gasteiger partial charge on any atom is -0.327 e. The molecule has 0 radical (unpaired) electrons. The Morgan fingerprint density at radius 1 is 0.613 bits per heavy atom. The topological polar surface area (TPSA) is 44.8 Å². The minimum atomic E-state index is -0.978. The molecule has 0 atom stereocenters. The maximum atomic E-state index is 11.5. The molecule has 184 valence electrons. The maximum Gasteiger partial charge on any atom is 0.283 e. The summed E-state index contributed by atoms with van der Waals surface area (Å²) < 4.78 is 17.6. The molecule has 4 heteroatoms. The van der Waals surface area contributed by atoms with E-state index >= 15 is 0 Å². The molecule has 4 nitrogen and oxygen atoms in total. The number of unbranched alkanes of at least 4 members (excludes halogenated alkanes) is 17. The van der Waals surface area contributed by atoms with Crippen LogP contribution in [0.15, 0.2) is 0 Å². The van der Waals surface area contributed by atoms with Crippen LogP contribution in [0.4, 0.5) is 0 Å². The summed E-state index contributed by atoms with van der Waals surface area (Å²) in [7, 11) is 0. The largest absolute Gasteiger partial charge is 0.327 e. The number of ketones is 1. The van der Waals surface area contributed by atoms with Gasteiger partial charge in [0, 0.05) is 6.42 Å². The Labute approximate surface area is 193 Å². The first kappa shape index (κ1) is 28.6. The molecule has 0 aromatic carbocycles. The van der Waals surface area contributed by atoms with E-state index in [1.54, 1.807) is 0 Å². The van der Waals surface area contributed by atoms with Crippen molar-refractivity contribution in [3.63, 3.8) is 0 Å². The van der Waals surface area contributed by atoms with E-state index in [1.165, 1.54) is 109 Å². The van der Waals surface area contributed by atoms with E-state index in [9.17, 15) is 4.79 Å². The lowest BCUT2D eigenvalue weighted by Gasteiger charge is -2.36. The van der Waals surface area contributed by atoms with Crippen LogP contribution in [0.25, 0.3) is 0 Å². The van der Waals surface area contributed by atoms with Crippen LogP contribution in [0.1, 0.15) is 142 Å². The van der Waals surface area contributed by atoms with Gasteiger partial charge in [0.15, 0.2) is 5.78 Å². The molecular weight excluding hydrogens is 388 g/mol. The average molecular weight is 441 g/mol. The van der Waals surface area contributed by atoms with Crippen molar-refractivity contribution in [1.29, 1.82) is 0 Å². The molecule has 0 aromatic rings. The molecule has 0 bridgehead atoms. The summed E-state index contributed by atoms with van der Waals surface area (Å²) in [5, 5.41) is 0. The monoisotopic (exact) mass is 440 g/mol. The van der Waals surface area contributed by atoms with Crippen molar-refractivity contribution in [3.05, 3.63) is 0 Å². The second-order valence-electron chi connectivity index (χ2n) is 9.41. The van der Waals surface area contributed by atoms with Crippen LogP contribution in [-0.4, -0.2) is 31.6 Å². The number of hydrogen-bond acceptors (Lipinski definition) is 4. The van der Waals surface area contributed by atoms with E-state index in [1.807, 2.05) is 0 Å². The van der Waals surface area contributed by atoms with Crippen LogP contribution in [0, 0.1) is 0 Å². The maximum absolute atomic E-state index is 11.5. The number of carbonyl (C=O) groups excluding carboxylic acids is 1. The summed E-state index contributed by atoms with van der Waals surface area (Å²) in [6, 6.07) is 0. The molecule has 1 aliphatic rings. The molecule has 0 N–H and O–H groups in total. The lowest BCUT2D eigenvalue weighted by molar-refractivity contribution is -0.389. The summed E-state index contributed by atoms with van der Waals surface area (Å²) in [4.78, 5) is 11.5. The molecule has 1 heterocycles. The van der Waals surface area contributed by atoms with Crippen molar-refractivity contribution >= 4 is 5.78 Å². The molecule has 0 amide bonds. The fraction of sp³-hybridized carbons (Fsp3) is 0.963. The summed E-state index contributed by atoms with van der Waals surface area (Å²) in [5.74, 6) is -0.973. The molecule has 1 fully saturated rings. The van der Waals surface area contributed by atoms with Gasteiger partial charge in [0.25, 0.3) is 5.97 Å². The second-order valence-corrected chi connectivity index (χ2v) is 9.41. The van der Waals surface area contributed by atoms with Gasteiger partial charge in [-0.1, -0.05) is 123 Å². The van der Waals surface area contributed by atoms with Gasteiger partial charge < -0.3 is 14.2 Å². The Balaban J connectivity index is 2.09. The van der Waals surface area contributed by atoms with Gasteiger partial charge in [-0.25, -0.2) is 0 Å². The number of hydrogen-bond donors (Lipinski definition) is 0. The van der Waals surface area contributed by atoms with Crippen LogP contribution in [-0.2, 0) is 19.0 Å². The van der Waals surface area contributed by atoms with Crippen molar-refractivity contribution in [3.8, 4) is 0 Å². The molecule has 0 spiro atoms. The van der Waals surface area contributed by atoms with E-state index in [4.69, 9.17) is 14.2 Å². The minimum absolute atomic E-state index is 0.00485. The van der Waals surface area contributed by atoms with E-state index in [0.29, 0.717) is 6.61 Å². The smallest absolute Gasteiger partial charge is 0.283 e. The molecule has 31 heavy (non-hydrogen) atoms. The van der Waals surface area contributed by atoms with Crippen molar-refractivity contribution < 1.29 is 19.0 Å². The highest BCUT2D eigenvalue weighted by Crippen LogP contribution is 2.27. The first-order valence-electron chi connectivity index (χ1n) is 13.7. The highest BCUT2D eigenvalue weighted by Gasteiger charge is 2.37. The SMILES string of the molecule is CCCCCCCCCCCCOC1(CCCCCCCCCCC)OCC(=O)CO1. The summed E-state index contributed by atoms with van der Waals surface area (Å²) >= 11 is 0. The van der Waals surface area contributed by atoms with Crippen molar-refractivity contribution in [2.75, 3.05) is 19.8 Å². The van der Waals surface area contributed by atoms with Crippen LogP contribution in [0.2, 0.25) is 0 Å². The van der Waals surface area contributed by atoms with Gasteiger partial charge >= 0.3 is 0 Å². The summed E-state index contributed by atoms with van der Waals surface area (Å²) in [6.45, 7) is 5.42. The van der Waals surface area contributed by atoms with Crippen molar-refractivity contribution in [2.45, 2.75) is 148 Å². The van der Waals surface area contributed by atoms with Crippen molar-refractivity contribution in [1.82, 2.24) is 0 Å². The third-order valence-electron chi connectivity index (χ3n) is 6.31. The van der Waals surface area contributed by atoms with Gasteiger partial charge in [-0.05, 0) is 12.8 Å². The zero-order valence-electron chi connectivity index (χ0n) is 20.9. The molecular formula is C27H52O4. The second kappa shape index (κ2) is 20.2. The van der Waals surface area contributed by atoms with Gasteiger partial charge in [0.2, 0.25) is 0 Å². The molecule has 1 rings (SSSR count). The molecule has 1 saturated heterocycles. The molecule has 0 unspecified atom stereocenters. The Morgan fingerprint density at radius 2 is 1.00 bits per heavy atom. The Bertz CT molecular complexity index is 400. The lowest BCUT2D eigenvalue weighted by Crippen LogP contribution is -2.47. The number of Topliss-reactive ketones (excluding diaryl/α,β-unsaturated/α-hetero) is 1. The Hall–Kier alpha value is -0.450. The highest BCUT2D eigenvalue weighted by atomic mass is 16.9. The van der Waals surface area contributed by atoms with Gasteiger partial charge in [-0.2, -0.15) is 0 Å². The standard InChI is InChI=1S/C27H52O4/c1-3-5-7-9-11-13-15-17-19-21-23-29-27(30-24-26(28)25-31-27)22-20-18-16-14-12-10-8-6-4-2/h3-25H2,1-2H3. The average Bonchev–Trinajstić information content (AvgIpc) is 2.78. The number of rotatable bonds is 22. The van der Waals surface area contributed by atoms with Crippen molar-refractivity contribution in [2.24, 2.45) is 0 Å². The van der Waals surface area contributed by atoms with Gasteiger partial charge in [-0.3, -0.25) is 4.79 Å². The first-order chi connectivity index (χ1) is 15.2. The van der Waals surface area contributed by atoms with E-state index in [2.05, 4.69) is 13.8 Å². The van der Waals surface area contributed by atoms with Crippen LogP contribution >= 0.6 is 0 Å². The molecule has 0 aliphatic carbocycles. The molecule has 0 saturated carbocycles. The fourth-order valence-corrected chi connectivity index (χ4v) is 4.23. The normalized spacial score (nSPS) is 16.1. The molecule has 0 aromatic heterocycles. The Morgan fingerprint density at radius 3 is 1.45 bits per heavy atom. The van der Waals surface area contributed by atoms with Crippen LogP contribution in [0.3, 0.4) is 0 Å². The zero-order chi connectivity index (χ0) is 22.5.